The van der Waals surface area contributed by atoms with Gasteiger partial charge in [0.2, 0.25) is 0 Å². The molecule has 0 aliphatic carbocycles. The molecule has 88 valence electrons. The van der Waals surface area contributed by atoms with Crippen LogP contribution in [-0.2, 0) is 4.74 Å². The smallest absolute Gasteiger partial charge is 0.410 e. The number of ether oxygens (including phenoxy) is 1. The summed E-state index contributed by atoms with van der Waals surface area (Å²) in [5.41, 5.74) is -0.407. The van der Waals surface area contributed by atoms with Gasteiger partial charge in [-0.3, -0.25) is 0 Å². The van der Waals surface area contributed by atoms with Gasteiger partial charge in [0.1, 0.15) is 5.60 Å². The van der Waals surface area contributed by atoms with Crippen molar-refractivity contribution < 1.29 is 9.53 Å². The average Bonchev–Trinajstić information content (AvgIpc) is 2.47. The summed E-state index contributed by atoms with van der Waals surface area (Å²) >= 11 is 0. The minimum Gasteiger partial charge on any atom is -0.444 e. The van der Waals surface area contributed by atoms with E-state index in [1.165, 1.54) is 0 Å². The van der Waals surface area contributed by atoms with Gasteiger partial charge in [-0.15, -0.1) is 0 Å². The molecular formula is C11H22N2O2. The van der Waals surface area contributed by atoms with E-state index in [1.807, 2.05) is 27.8 Å². The van der Waals surface area contributed by atoms with Crippen LogP contribution in [0.1, 0.15) is 27.2 Å². The summed E-state index contributed by atoms with van der Waals surface area (Å²) in [5.74, 6) is 0. The molecule has 0 aromatic rings. The molecule has 0 bridgehead atoms. The van der Waals surface area contributed by atoms with Gasteiger partial charge in [0.25, 0.3) is 0 Å². The standard InChI is InChI=1S/C11H22N2O2/c1-11(2,3)15-10(14)13(5)9-6-7-12(4)8-9/h9H,6-8H2,1-5H3/t9-/m0/s1. The zero-order valence-corrected chi connectivity index (χ0v) is 10.4. The SMILES string of the molecule is CN1CC[C@H](N(C)C(=O)OC(C)(C)C)C1. The second kappa shape index (κ2) is 4.39. The summed E-state index contributed by atoms with van der Waals surface area (Å²) in [6, 6.07) is 0.296. The number of likely N-dealkylation sites (N-methyl/N-ethyl adjacent to an activating group) is 2. The van der Waals surface area contributed by atoms with Crippen molar-refractivity contribution in [2.75, 3.05) is 27.2 Å². The van der Waals surface area contributed by atoms with Crippen LogP contribution >= 0.6 is 0 Å². The molecule has 0 saturated carbocycles. The fourth-order valence-electron chi connectivity index (χ4n) is 1.71. The van der Waals surface area contributed by atoms with Crippen LogP contribution in [0.4, 0.5) is 4.79 Å². The van der Waals surface area contributed by atoms with E-state index in [2.05, 4.69) is 11.9 Å². The molecule has 4 nitrogen and oxygen atoms in total. The number of likely N-dealkylation sites (tertiary alicyclic amines) is 1. The van der Waals surface area contributed by atoms with Gasteiger partial charge in [-0.05, 0) is 40.8 Å². The first kappa shape index (κ1) is 12.3. The molecular weight excluding hydrogens is 192 g/mol. The van der Waals surface area contributed by atoms with Crippen LogP contribution in [0.2, 0.25) is 0 Å². The van der Waals surface area contributed by atoms with E-state index in [1.54, 1.807) is 4.90 Å². The molecule has 15 heavy (non-hydrogen) atoms. The quantitative estimate of drug-likeness (QED) is 0.664. The third kappa shape index (κ3) is 3.70. The predicted octanol–water partition coefficient (Wildman–Crippen LogP) is 1.56. The highest BCUT2D eigenvalue weighted by molar-refractivity contribution is 5.68. The van der Waals surface area contributed by atoms with Crippen molar-refractivity contribution in [3.05, 3.63) is 0 Å². The Hall–Kier alpha value is -0.770. The highest BCUT2D eigenvalue weighted by atomic mass is 16.6. The number of hydrogen-bond donors (Lipinski definition) is 0. The maximum atomic E-state index is 11.7. The maximum absolute atomic E-state index is 11.7. The molecule has 1 aliphatic heterocycles. The van der Waals surface area contributed by atoms with Crippen molar-refractivity contribution in [2.45, 2.75) is 38.8 Å². The van der Waals surface area contributed by atoms with E-state index in [-0.39, 0.29) is 6.09 Å². The molecule has 1 rings (SSSR count). The van der Waals surface area contributed by atoms with E-state index in [0.717, 1.165) is 19.5 Å². The first-order valence-corrected chi connectivity index (χ1v) is 5.44. The van der Waals surface area contributed by atoms with Crippen molar-refractivity contribution in [1.82, 2.24) is 9.80 Å². The summed E-state index contributed by atoms with van der Waals surface area (Å²) in [6.07, 6.45) is 0.814. The predicted molar refractivity (Wildman–Crippen MR) is 59.9 cm³/mol. The van der Waals surface area contributed by atoms with Crippen LogP contribution in [0, 0.1) is 0 Å². The van der Waals surface area contributed by atoms with Crippen LogP contribution in [0.25, 0.3) is 0 Å². The molecule has 0 aromatic heterocycles. The van der Waals surface area contributed by atoms with E-state index < -0.39 is 5.60 Å². The molecule has 0 aromatic carbocycles. The zero-order valence-electron chi connectivity index (χ0n) is 10.4. The first-order valence-electron chi connectivity index (χ1n) is 5.44. The fourth-order valence-corrected chi connectivity index (χ4v) is 1.71. The molecule has 1 aliphatic rings. The Labute approximate surface area is 92.2 Å². The molecule has 1 heterocycles. The van der Waals surface area contributed by atoms with Gasteiger partial charge in [-0.2, -0.15) is 0 Å². The van der Waals surface area contributed by atoms with Crippen LogP contribution < -0.4 is 0 Å². The van der Waals surface area contributed by atoms with Gasteiger partial charge in [-0.25, -0.2) is 4.79 Å². The van der Waals surface area contributed by atoms with Crippen LogP contribution in [-0.4, -0.2) is 54.7 Å². The lowest BCUT2D eigenvalue weighted by atomic mass is 10.2. The van der Waals surface area contributed by atoms with Gasteiger partial charge in [0.15, 0.2) is 0 Å². The summed E-state index contributed by atoms with van der Waals surface area (Å²) in [4.78, 5) is 15.7. The van der Waals surface area contributed by atoms with E-state index in [4.69, 9.17) is 4.74 Å². The summed E-state index contributed by atoms with van der Waals surface area (Å²) in [5, 5.41) is 0. The van der Waals surface area contributed by atoms with Gasteiger partial charge in [-0.1, -0.05) is 0 Å². The van der Waals surface area contributed by atoms with Crippen molar-refractivity contribution in [3.8, 4) is 0 Å². The Morgan fingerprint density at radius 2 is 2.07 bits per heavy atom. The van der Waals surface area contributed by atoms with E-state index in [9.17, 15) is 4.79 Å². The molecule has 0 spiro atoms. The number of amides is 1. The molecule has 4 heteroatoms. The minimum atomic E-state index is -0.407. The normalized spacial score (nSPS) is 22.9. The zero-order chi connectivity index (χ0) is 11.6. The van der Waals surface area contributed by atoms with Crippen molar-refractivity contribution in [3.63, 3.8) is 0 Å². The molecule has 1 fully saturated rings. The largest absolute Gasteiger partial charge is 0.444 e. The summed E-state index contributed by atoms with van der Waals surface area (Å²) in [6.45, 7) is 7.66. The first-order chi connectivity index (χ1) is 6.79. The van der Waals surface area contributed by atoms with Gasteiger partial charge < -0.3 is 14.5 Å². The fraction of sp³-hybridized carbons (Fsp3) is 0.909. The number of hydrogen-bond acceptors (Lipinski definition) is 3. The third-order valence-electron chi connectivity index (χ3n) is 2.60. The monoisotopic (exact) mass is 214 g/mol. The van der Waals surface area contributed by atoms with Gasteiger partial charge in [0.05, 0.1) is 0 Å². The number of carbonyl (C=O) groups is 1. The lowest BCUT2D eigenvalue weighted by Crippen LogP contribution is -2.41. The Morgan fingerprint density at radius 1 is 1.47 bits per heavy atom. The van der Waals surface area contributed by atoms with Crippen LogP contribution in [0.3, 0.4) is 0 Å². The molecule has 1 amide bonds. The Kier molecular flexibility index (Phi) is 3.60. The molecule has 0 N–H and O–H groups in total. The second-order valence-corrected chi connectivity index (χ2v) is 5.30. The second-order valence-electron chi connectivity index (χ2n) is 5.30. The Bertz CT molecular complexity index is 235. The minimum absolute atomic E-state index is 0.220. The average molecular weight is 214 g/mol. The van der Waals surface area contributed by atoms with Crippen molar-refractivity contribution >= 4 is 6.09 Å². The molecule has 1 saturated heterocycles. The van der Waals surface area contributed by atoms with Gasteiger partial charge >= 0.3 is 6.09 Å². The van der Waals surface area contributed by atoms with Crippen LogP contribution in [0.15, 0.2) is 0 Å². The Balaban J connectivity index is 2.46. The topological polar surface area (TPSA) is 32.8 Å². The lowest BCUT2D eigenvalue weighted by molar-refractivity contribution is 0.0230. The third-order valence-corrected chi connectivity index (χ3v) is 2.60. The molecule has 0 unspecified atom stereocenters. The number of carbonyl (C=O) groups excluding carboxylic acids is 1. The van der Waals surface area contributed by atoms with E-state index >= 15 is 0 Å². The lowest BCUT2D eigenvalue weighted by Gasteiger charge is -2.28. The van der Waals surface area contributed by atoms with Gasteiger partial charge in [0, 0.05) is 19.6 Å². The van der Waals surface area contributed by atoms with Crippen molar-refractivity contribution in [1.29, 1.82) is 0 Å². The maximum Gasteiger partial charge on any atom is 0.410 e. The summed E-state index contributed by atoms with van der Waals surface area (Å²) < 4.78 is 5.32. The highest BCUT2D eigenvalue weighted by Gasteiger charge is 2.29. The van der Waals surface area contributed by atoms with E-state index in [0.29, 0.717) is 6.04 Å². The molecule has 1 atom stereocenters. The van der Waals surface area contributed by atoms with Crippen molar-refractivity contribution in [2.24, 2.45) is 0 Å². The molecule has 0 radical (unpaired) electrons. The highest BCUT2D eigenvalue weighted by Crippen LogP contribution is 2.16. The number of rotatable bonds is 1. The summed E-state index contributed by atoms with van der Waals surface area (Å²) in [7, 11) is 3.89. The Morgan fingerprint density at radius 3 is 2.47 bits per heavy atom. The van der Waals surface area contributed by atoms with Crippen LogP contribution in [0.5, 0.6) is 0 Å². The number of nitrogens with zero attached hydrogens (tertiary/aromatic N) is 2.